The van der Waals surface area contributed by atoms with Crippen molar-refractivity contribution in [2.75, 3.05) is 11.5 Å². The van der Waals surface area contributed by atoms with Crippen LogP contribution in [0.1, 0.15) is 31.8 Å². The fourth-order valence-electron chi connectivity index (χ4n) is 7.09. The highest BCUT2D eigenvalue weighted by Crippen LogP contribution is 2.53. The Morgan fingerprint density at radius 3 is 1.18 bits per heavy atom. The van der Waals surface area contributed by atoms with Gasteiger partial charge in [-0.3, -0.25) is 9.59 Å². The van der Waals surface area contributed by atoms with Crippen LogP contribution in [0.3, 0.4) is 0 Å². The Hall–Kier alpha value is -5.22. The van der Waals surface area contributed by atoms with Crippen molar-refractivity contribution < 1.29 is 9.59 Å². The second kappa shape index (κ2) is 6.36. The zero-order chi connectivity index (χ0) is 25.4. The average molecular weight is 487 g/mol. The van der Waals surface area contributed by atoms with Gasteiger partial charge in [-0.05, 0) is 57.3 Å². The van der Waals surface area contributed by atoms with E-state index >= 15 is 0 Å². The van der Waals surface area contributed by atoms with E-state index in [1.54, 1.807) is 0 Å². The van der Waals surface area contributed by atoms with Crippen LogP contribution >= 0.6 is 0 Å². The van der Waals surface area contributed by atoms with E-state index in [4.69, 9.17) is 11.5 Å². The number of carbonyl (C=O) groups is 2. The summed E-state index contributed by atoms with van der Waals surface area (Å²) in [6.45, 7) is 0. The molecule has 4 nitrogen and oxygen atoms in total. The van der Waals surface area contributed by atoms with Crippen molar-refractivity contribution in [2.45, 2.75) is 0 Å². The number of ketones is 2. The molecule has 4 N–H and O–H groups in total. The van der Waals surface area contributed by atoms with Crippen molar-refractivity contribution in [2.24, 2.45) is 0 Å². The summed E-state index contributed by atoms with van der Waals surface area (Å²) in [5.41, 5.74) is 21.4. The van der Waals surface area contributed by atoms with Crippen molar-refractivity contribution in [3.8, 4) is 22.3 Å². The molecule has 0 saturated carbocycles. The van der Waals surface area contributed by atoms with E-state index in [2.05, 4.69) is 0 Å². The van der Waals surface area contributed by atoms with Crippen molar-refractivity contribution in [3.05, 3.63) is 107 Å². The number of nitrogens with two attached hydrogens (primary N) is 2. The van der Waals surface area contributed by atoms with Gasteiger partial charge < -0.3 is 11.5 Å². The minimum atomic E-state index is 0.0154. The molecule has 38 heavy (non-hydrogen) atoms. The number of nitrogen functional groups attached to an aromatic ring is 2. The topological polar surface area (TPSA) is 86.2 Å². The third-order valence-corrected chi connectivity index (χ3v) is 8.58. The van der Waals surface area contributed by atoms with Gasteiger partial charge in [-0.15, -0.1) is 0 Å². The molecule has 0 radical (unpaired) electrons. The maximum atomic E-state index is 13.6. The van der Waals surface area contributed by atoms with Gasteiger partial charge >= 0.3 is 0 Å². The van der Waals surface area contributed by atoms with Gasteiger partial charge in [-0.2, -0.15) is 0 Å². The molecule has 2 aliphatic carbocycles. The van der Waals surface area contributed by atoms with Crippen LogP contribution in [-0.4, -0.2) is 11.6 Å². The lowest BCUT2D eigenvalue weighted by Gasteiger charge is -2.27. The Kier molecular flexibility index (Phi) is 3.33. The molecular formula is C34H18N2O2. The first-order chi connectivity index (χ1) is 18.5. The lowest BCUT2D eigenvalue weighted by Crippen LogP contribution is -2.12. The molecule has 0 aliphatic heterocycles. The van der Waals surface area contributed by atoms with Gasteiger partial charge in [0.05, 0.1) is 0 Å². The number of fused-ring (bicyclic) bond motifs is 6. The van der Waals surface area contributed by atoms with E-state index < -0.39 is 0 Å². The highest BCUT2D eigenvalue weighted by molar-refractivity contribution is 6.44. The van der Waals surface area contributed by atoms with E-state index in [1.165, 1.54) is 0 Å². The zero-order valence-corrected chi connectivity index (χ0v) is 20.1. The highest BCUT2D eigenvalue weighted by Gasteiger charge is 2.32. The summed E-state index contributed by atoms with van der Waals surface area (Å²) in [5.74, 6) is 0.0307. The minimum absolute atomic E-state index is 0.0154. The third kappa shape index (κ3) is 2.07. The Labute approximate surface area is 216 Å². The monoisotopic (exact) mass is 486 g/mol. The summed E-state index contributed by atoms with van der Waals surface area (Å²) in [4.78, 5) is 27.2. The largest absolute Gasteiger partial charge is 0.398 e. The standard InChI is InChI=1S/C34H18N2O2/c35-25-13-23-15-5-1-3-7-19(15)33(37)21-11-9-17-18-10-12-22-28-24(16-6-2-4-8-20(16)34(22)38)14-26(36)32(30(18)28)31(25)29(17)27(21)23/h1-14H,35-36H2. The second-order valence-electron chi connectivity index (χ2n) is 10.3. The summed E-state index contributed by atoms with van der Waals surface area (Å²) in [6.07, 6.45) is 0. The number of hydrogen-bond acceptors (Lipinski definition) is 4. The first kappa shape index (κ1) is 19.9. The summed E-state index contributed by atoms with van der Waals surface area (Å²) >= 11 is 0. The minimum Gasteiger partial charge on any atom is -0.398 e. The average Bonchev–Trinajstić information content (AvgIpc) is 2.95. The van der Waals surface area contributed by atoms with Gasteiger partial charge in [-0.25, -0.2) is 0 Å². The zero-order valence-electron chi connectivity index (χ0n) is 20.1. The Morgan fingerprint density at radius 1 is 0.368 bits per heavy atom. The van der Waals surface area contributed by atoms with Crippen LogP contribution in [0.25, 0.3) is 65.3 Å². The van der Waals surface area contributed by atoms with Crippen molar-refractivity contribution >= 4 is 66.0 Å². The fraction of sp³-hybridized carbons (Fsp3) is 0. The fourth-order valence-corrected chi connectivity index (χ4v) is 7.09. The number of carbonyl (C=O) groups excluding carboxylic acids is 2. The first-order valence-electron chi connectivity index (χ1n) is 12.6. The van der Waals surface area contributed by atoms with Gasteiger partial charge in [0.15, 0.2) is 11.6 Å². The molecule has 0 unspecified atom stereocenters. The van der Waals surface area contributed by atoms with Crippen molar-refractivity contribution in [1.82, 2.24) is 0 Å². The SMILES string of the molecule is Nc1cc2c3c(ccc4c5ccc6c7c(cc(N)c(c1c34)c75)-c1ccccc1C6=O)C(=O)c1ccccc1-2. The molecule has 9 rings (SSSR count). The van der Waals surface area contributed by atoms with Crippen LogP contribution in [0.15, 0.2) is 84.9 Å². The quantitative estimate of drug-likeness (QED) is 0.134. The Bertz CT molecular complexity index is 2130. The molecule has 0 saturated heterocycles. The molecule has 0 atom stereocenters. The van der Waals surface area contributed by atoms with Crippen LogP contribution in [0, 0.1) is 0 Å². The highest BCUT2D eigenvalue weighted by atomic mass is 16.1. The number of hydrogen-bond donors (Lipinski definition) is 2. The van der Waals surface area contributed by atoms with Crippen LogP contribution < -0.4 is 11.5 Å². The maximum Gasteiger partial charge on any atom is 0.194 e. The maximum absolute atomic E-state index is 13.6. The summed E-state index contributed by atoms with van der Waals surface area (Å²) in [5, 5.41) is 7.41. The molecule has 0 bridgehead atoms. The molecule has 0 heterocycles. The van der Waals surface area contributed by atoms with Gasteiger partial charge in [0.2, 0.25) is 0 Å². The predicted molar refractivity (Wildman–Crippen MR) is 154 cm³/mol. The molecule has 0 aromatic heterocycles. The summed E-state index contributed by atoms with van der Waals surface area (Å²) < 4.78 is 0. The molecule has 7 aromatic rings. The Morgan fingerprint density at radius 2 is 0.763 bits per heavy atom. The van der Waals surface area contributed by atoms with Gasteiger partial charge in [0, 0.05) is 65.9 Å². The van der Waals surface area contributed by atoms with Gasteiger partial charge in [-0.1, -0.05) is 60.7 Å². The lowest BCUT2D eigenvalue weighted by atomic mass is 9.76. The molecule has 0 fully saturated rings. The first-order valence-corrected chi connectivity index (χ1v) is 12.6. The van der Waals surface area contributed by atoms with Crippen LogP contribution in [-0.2, 0) is 0 Å². The van der Waals surface area contributed by atoms with E-state index in [0.717, 1.165) is 65.3 Å². The summed E-state index contributed by atoms with van der Waals surface area (Å²) in [7, 11) is 0. The molecule has 7 aromatic carbocycles. The molecule has 0 spiro atoms. The number of benzene rings is 7. The Balaban J connectivity index is 1.58. The van der Waals surface area contributed by atoms with Gasteiger partial charge in [0.1, 0.15) is 0 Å². The van der Waals surface area contributed by atoms with Crippen LogP contribution in [0.4, 0.5) is 11.4 Å². The lowest BCUT2D eigenvalue weighted by molar-refractivity contribution is 0.103. The molecule has 2 aliphatic rings. The number of anilines is 2. The van der Waals surface area contributed by atoms with E-state index in [-0.39, 0.29) is 11.6 Å². The molecular weight excluding hydrogens is 468 g/mol. The van der Waals surface area contributed by atoms with Crippen molar-refractivity contribution in [3.63, 3.8) is 0 Å². The van der Waals surface area contributed by atoms with Crippen LogP contribution in [0.5, 0.6) is 0 Å². The summed E-state index contributed by atoms with van der Waals surface area (Å²) in [6, 6.07) is 27.3. The molecule has 176 valence electrons. The number of rotatable bonds is 0. The van der Waals surface area contributed by atoms with Crippen molar-refractivity contribution in [1.29, 1.82) is 0 Å². The third-order valence-electron chi connectivity index (χ3n) is 8.58. The predicted octanol–water partition coefficient (Wildman–Crippen LogP) is 7.32. The second-order valence-corrected chi connectivity index (χ2v) is 10.3. The normalized spacial score (nSPS) is 13.6. The van der Waals surface area contributed by atoms with Crippen LogP contribution in [0.2, 0.25) is 0 Å². The smallest absolute Gasteiger partial charge is 0.194 e. The molecule has 4 heteroatoms. The van der Waals surface area contributed by atoms with Gasteiger partial charge in [0.25, 0.3) is 0 Å². The van der Waals surface area contributed by atoms with E-state index in [0.29, 0.717) is 33.6 Å². The van der Waals surface area contributed by atoms with E-state index in [9.17, 15) is 9.59 Å². The molecule has 0 amide bonds. The van der Waals surface area contributed by atoms with E-state index in [1.807, 2.05) is 84.9 Å².